The number of nitrogens with zero attached hydrogens (tertiary/aromatic N) is 1. The summed E-state index contributed by atoms with van der Waals surface area (Å²) in [4.78, 5) is 13.9. The Hall–Kier alpha value is -0.400. The van der Waals surface area contributed by atoms with E-state index in [1.54, 1.807) is 7.05 Å². The third-order valence-corrected chi connectivity index (χ3v) is 4.36. The van der Waals surface area contributed by atoms with E-state index in [2.05, 4.69) is 22.6 Å². The summed E-state index contributed by atoms with van der Waals surface area (Å²) in [5, 5.41) is 0. The number of benzene rings is 1. The number of hydrogen-bond acceptors (Lipinski definition) is 3. The van der Waals surface area contributed by atoms with Crippen LogP contribution >= 0.6 is 46.6 Å². The van der Waals surface area contributed by atoms with Crippen LogP contribution in [-0.2, 0) is 4.79 Å². The van der Waals surface area contributed by atoms with E-state index in [0.29, 0.717) is 9.23 Å². The number of amides is 1. The predicted octanol–water partition coefficient (Wildman–Crippen LogP) is 3.12. The van der Waals surface area contributed by atoms with E-state index in [1.165, 1.54) is 20.2 Å². The molecule has 0 atom stereocenters. The molecule has 0 radical (unpaired) electrons. The molecule has 1 aromatic carbocycles. The van der Waals surface area contributed by atoms with Crippen molar-refractivity contribution < 1.29 is 4.79 Å². The Morgan fingerprint density at radius 2 is 2.00 bits per heavy atom. The Labute approximate surface area is 117 Å². The van der Waals surface area contributed by atoms with Crippen LogP contribution in [0.2, 0.25) is 0 Å². The zero-order chi connectivity index (χ0) is 11.7. The first kappa shape index (κ1) is 12.1. The topological polar surface area (TPSA) is 20.3 Å². The van der Waals surface area contributed by atoms with Crippen LogP contribution in [0.5, 0.6) is 0 Å². The molecule has 0 saturated carbocycles. The van der Waals surface area contributed by atoms with Crippen molar-refractivity contribution in [3.8, 4) is 0 Å². The highest BCUT2D eigenvalue weighted by Gasteiger charge is 2.28. The molecule has 1 aliphatic rings. The number of halogens is 1. The van der Waals surface area contributed by atoms with Crippen LogP contribution in [0.25, 0.3) is 6.08 Å². The maximum absolute atomic E-state index is 11.7. The maximum Gasteiger partial charge on any atom is 0.265 e. The Bertz CT molecular complexity index is 481. The van der Waals surface area contributed by atoms with Crippen molar-refractivity contribution in [2.75, 3.05) is 7.05 Å². The summed E-state index contributed by atoms with van der Waals surface area (Å²) in [5.74, 6) is -0.0199. The van der Waals surface area contributed by atoms with Crippen LogP contribution in [0.15, 0.2) is 29.2 Å². The van der Waals surface area contributed by atoms with E-state index in [4.69, 9.17) is 12.2 Å². The molecular formula is C11H8INOS2. The van der Waals surface area contributed by atoms with Crippen molar-refractivity contribution in [2.45, 2.75) is 0 Å². The van der Waals surface area contributed by atoms with E-state index in [9.17, 15) is 4.79 Å². The van der Waals surface area contributed by atoms with E-state index < -0.39 is 0 Å². The molecule has 0 spiro atoms. The van der Waals surface area contributed by atoms with Crippen LogP contribution in [0.1, 0.15) is 5.56 Å². The Morgan fingerprint density at radius 1 is 1.38 bits per heavy atom. The van der Waals surface area contributed by atoms with Gasteiger partial charge in [0.2, 0.25) is 0 Å². The van der Waals surface area contributed by atoms with Crippen molar-refractivity contribution >= 4 is 62.9 Å². The predicted molar refractivity (Wildman–Crippen MR) is 80.1 cm³/mol. The SMILES string of the molecule is CN1C(=O)/C(=C\c2ccc(I)cc2)SC1=S. The van der Waals surface area contributed by atoms with Gasteiger partial charge in [0, 0.05) is 10.6 Å². The summed E-state index contributed by atoms with van der Waals surface area (Å²) in [6.45, 7) is 0. The molecule has 16 heavy (non-hydrogen) atoms. The second-order valence-corrected chi connectivity index (χ2v) is 6.21. The van der Waals surface area contributed by atoms with Gasteiger partial charge in [-0.05, 0) is 46.4 Å². The molecule has 2 nitrogen and oxygen atoms in total. The lowest BCUT2D eigenvalue weighted by Gasteiger charge is -2.03. The first-order valence-electron chi connectivity index (χ1n) is 4.55. The highest BCUT2D eigenvalue weighted by molar-refractivity contribution is 14.1. The van der Waals surface area contributed by atoms with Crippen molar-refractivity contribution in [1.82, 2.24) is 4.90 Å². The van der Waals surface area contributed by atoms with E-state index in [0.717, 1.165) is 5.56 Å². The Kier molecular flexibility index (Phi) is 3.66. The summed E-state index contributed by atoms with van der Waals surface area (Å²) in [6, 6.07) is 8.01. The molecule has 82 valence electrons. The number of hydrogen-bond donors (Lipinski definition) is 0. The molecule has 0 unspecified atom stereocenters. The molecule has 0 N–H and O–H groups in total. The van der Waals surface area contributed by atoms with Gasteiger partial charge < -0.3 is 0 Å². The number of thioether (sulfide) groups is 1. The lowest BCUT2D eigenvalue weighted by Crippen LogP contribution is -2.22. The van der Waals surface area contributed by atoms with Crippen LogP contribution < -0.4 is 0 Å². The van der Waals surface area contributed by atoms with Gasteiger partial charge in [0.25, 0.3) is 5.91 Å². The fourth-order valence-corrected chi connectivity index (χ4v) is 2.80. The third kappa shape index (κ3) is 2.46. The minimum Gasteiger partial charge on any atom is -0.296 e. The number of likely N-dealkylation sites (N-methyl/N-ethyl adjacent to an activating group) is 1. The van der Waals surface area contributed by atoms with Crippen molar-refractivity contribution in [2.24, 2.45) is 0 Å². The quantitative estimate of drug-likeness (QED) is 0.436. The monoisotopic (exact) mass is 361 g/mol. The second-order valence-electron chi connectivity index (χ2n) is 3.29. The molecule has 1 aliphatic heterocycles. The molecule has 0 aliphatic carbocycles. The van der Waals surface area contributed by atoms with E-state index in [1.807, 2.05) is 30.3 Å². The smallest absolute Gasteiger partial charge is 0.265 e. The van der Waals surface area contributed by atoms with Gasteiger partial charge in [-0.1, -0.05) is 36.1 Å². The lowest BCUT2D eigenvalue weighted by atomic mass is 10.2. The Morgan fingerprint density at radius 3 is 2.50 bits per heavy atom. The minimum atomic E-state index is -0.0199. The van der Waals surface area contributed by atoms with Gasteiger partial charge in [-0.2, -0.15) is 0 Å². The van der Waals surface area contributed by atoms with E-state index >= 15 is 0 Å². The van der Waals surface area contributed by atoms with Gasteiger partial charge in [0.15, 0.2) is 0 Å². The van der Waals surface area contributed by atoms with Crippen molar-refractivity contribution in [3.63, 3.8) is 0 Å². The molecule has 2 rings (SSSR count). The van der Waals surface area contributed by atoms with Crippen LogP contribution in [0.3, 0.4) is 0 Å². The third-order valence-electron chi connectivity index (χ3n) is 2.15. The molecule has 1 fully saturated rings. The molecule has 0 aromatic heterocycles. The van der Waals surface area contributed by atoms with Gasteiger partial charge in [-0.25, -0.2) is 0 Å². The van der Waals surface area contributed by atoms with Gasteiger partial charge >= 0.3 is 0 Å². The number of thiocarbonyl (C=S) groups is 1. The molecule has 1 aromatic rings. The summed E-state index contributed by atoms with van der Waals surface area (Å²) in [7, 11) is 1.70. The van der Waals surface area contributed by atoms with Gasteiger partial charge in [0.1, 0.15) is 4.32 Å². The fourth-order valence-electron chi connectivity index (χ4n) is 1.26. The van der Waals surface area contributed by atoms with Crippen LogP contribution in [0, 0.1) is 3.57 Å². The van der Waals surface area contributed by atoms with Gasteiger partial charge in [0.05, 0.1) is 4.91 Å². The summed E-state index contributed by atoms with van der Waals surface area (Å²) in [5.41, 5.74) is 1.02. The number of carbonyl (C=O) groups excluding carboxylic acids is 1. The van der Waals surface area contributed by atoms with E-state index in [-0.39, 0.29) is 5.91 Å². The normalized spacial score (nSPS) is 18.6. The van der Waals surface area contributed by atoms with Gasteiger partial charge in [-0.3, -0.25) is 9.69 Å². The number of rotatable bonds is 1. The lowest BCUT2D eigenvalue weighted by molar-refractivity contribution is -0.121. The minimum absolute atomic E-state index is 0.0199. The molecular weight excluding hydrogens is 353 g/mol. The number of carbonyl (C=O) groups is 1. The summed E-state index contributed by atoms with van der Waals surface area (Å²) in [6.07, 6.45) is 1.87. The van der Waals surface area contributed by atoms with Crippen molar-refractivity contribution in [1.29, 1.82) is 0 Å². The molecule has 1 amide bonds. The molecule has 1 saturated heterocycles. The largest absolute Gasteiger partial charge is 0.296 e. The highest BCUT2D eigenvalue weighted by atomic mass is 127. The summed E-state index contributed by atoms with van der Waals surface area (Å²) < 4.78 is 1.79. The first-order valence-corrected chi connectivity index (χ1v) is 6.85. The fraction of sp³-hybridized carbons (Fsp3) is 0.0909. The Balaban J connectivity index is 2.29. The standard InChI is InChI=1S/C11H8INOS2/c1-13-10(14)9(16-11(13)15)6-7-2-4-8(12)5-3-7/h2-6H,1H3/b9-6+. The first-order chi connectivity index (χ1) is 7.58. The molecule has 5 heteroatoms. The average molecular weight is 361 g/mol. The zero-order valence-electron chi connectivity index (χ0n) is 8.44. The molecule has 0 bridgehead atoms. The van der Waals surface area contributed by atoms with Crippen LogP contribution in [-0.4, -0.2) is 22.2 Å². The maximum atomic E-state index is 11.7. The summed E-state index contributed by atoms with van der Waals surface area (Å²) >= 11 is 8.66. The van der Waals surface area contributed by atoms with Crippen molar-refractivity contribution in [3.05, 3.63) is 38.3 Å². The second kappa shape index (κ2) is 4.85. The molecule has 1 heterocycles. The average Bonchev–Trinajstić information content (AvgIpc) is 2.50. The van der Waals surface area contributed by atoms with Crippen LogP contribution in [0.4, 0.5) is 0 Å². The van der Waals surface area contributed by atoms with Gasteiger partial charge in [-0.15, -0.1) is 0 Å². The zero-order valence-corrected chi connectivity index (χ0v) is 12.2. The highest BCUT2D eigenvalue weighted by Crippen LogP contribution is 2.31.